The lowest BCUT2D eigenvalue weighted by atomic mass is 10.2. The van der Waals surface area contributed by atoms with Gasteiger partial charge in [0.25, 0.3) is 0 Å². The van der Waals surface area contributed by atoms with Gasteiger partial charge in [0.1, 0.15) is 18.1 Å². The number of benzene rings is 3. The number of ether oxygens (including phenoxy) is 2. The van der Waals surface area contributed by atoms with E-state index in [1.807, 2.05) is 60.7 Å². The van der Waals surface area contributed by atoms with Gasteiger partial charge >= 0.3 is 0 Å². The molecule has 0 aliphatic carbocycles. The average molecular weight is 467 g/mol. The zero-order valence-corrected chi connectivity index (χ0v) is 19.2. The highest BCUT2D eigenvalue weighted by atomic mass is 16.5. The van der Waals surface area contributed by atoms with E-state index in [0.717, 1.165) is 52.2 Å². The summed E-state index contributed by atoms with van der Waals surface area (Å²) >= 11 is 0. The molecule has 0 aliphatic rings. The highest BCUT2D eigenvalue weighted by Gasteiger charge is 2.03. The first-order valence-corrected chi connectivity index (χ1v) is 11.6. The monoisotopic (exact) mass is 466 g/mol. The van der Waals surface area contributed by atoms with E-state index in [9.17, 15) is 0 Å². The molecule has 2 heterocycles. The molecular weight excluding hydrogens is 440 g/mol. The van der Waals surface area contributed by atoms with Crippen LogP contribution in [0.4, 0.5) is 5.69 Å². The highest BCUT2D eigenvalue weighted by molar-refractivity contribution is 5.78. The van der Waals surface area contributed by atoms with Crippen molar-refractivity contribution in [1.29, 1.82) is 0 Å². The van der Waals surface area contributed by atoms with Crippen LogP contribution >= 0.6 is 0 Å². The number of pyridine rings is 1. The number of aromatic amines is 1. The van der Waals surface area contributed by atoms with Crippen LogP contribution in [-0.4, -0.2) is 32.2 Å². The first kappa shape index (κ1) is 22.3. The Morgan fingerprint density at radius 3 is 2.63 bits per heavy atom. The number of nitrogens with zero attached hydrogens (tertiary/aromatic N) is 4. The lowest BCUT2D eigenvalue weighted by Crippen LogP contribution is -2.02. The van der Waals surface area contributed by atoms with Gasteiger partial charge in [0.15, 0.2) is 5.82 Å². The second-order valence-electron chi connectivity index (χ2n) is 8.09. The van der Waals surface area contributed by atoms with Gasteiger partial charge in [-0.15, -0.1) is 10.2 Å². The molecule has 0 saturated heterocycles. The zero-order chi connectivity index (χ0) is 23.7. The molecule has 2 aromatic heterocycles. The van der Waals surface area contributed by atoms with E-state index >= 15 is 0 Å². The Morgan fingerprint density at radius 2 is 1.74 bits per heavy atom. The summed E-state index contributed by atoms with van der Waals surface area (Å²) in [6.45, 7) is 1.73. The van der Waals surface area contributed by atoms with Gasteiger partial charge in [-0.3, -0.25) is 0 Å². The minimum atomic E-state index is 0.421. The second-order valence-corrected chi connectivity index (χ2v) is 8.09. The minimum absolute atomic E-state index is 0.421. The Hall–Kier alpha value is -4.46. The predicted octanol–water partition coefficient (Wildman–Crippen LogP) is 4.95. The van der Waals surface area contributed by atoms with Gasteiger partial charge in [-0.1, -0.05) is 47.7 Å². The van der Waals surface area contributed by atoms with Crippen LogP contribution < -0.4 is 14.8 Å². The smallest absolute Gasteiger partial charge is 0.174 e. The molecule has 0 radical (unpaired) electrons. The Labute approximate surface area is 203 Å². The molecule has 176 valence electrons. The van der Waals surface area contributed by atoms with Gasteiger partial charge in [0, 0.05) is 30.1 Å². The first-order valence-electron chi connectivity index (χ1n) is 11.6. The molecule has 2 N–H and O–H groups in total. The summed E-state index contributed by atoms with van der Waals surface area (Å²) in [6.07, 6.45) is 1.57. The van der Waals surface area contributed by atoms with Crippen LogP contribution in [0.15, 0.2) is 84.9 Å². The number of aryl methyl sites for hydroxylation is 1. The minimum Gasteiger partial charge on any atom is -0.494 e. The summed E-state index contributed by atoms with van der Waals surface area (Å²) in [5.41, 5.74) is 4.04. The number of hydrogen-bond acceptors (Lipinski definition) is 7. The quantitative estimate of drug-likeness (QED) is 0.266. The molecule has 8 nitrogen and oxygen atoms in total. The SMILES string of the molecule is c1cc(NCc2ccc(OCCCc3nn[nH]n3)cc2)cc(OCc2ccc3ccccc3n2)c1. The maximum absolute atomic E-state index is 5.99. The van der Waals surface area contributed by atoms with E-state index in [4.69, 9.17) is 9.47 Å². The van der Waals surface area contributed by atoms with Crippen LogP contribution in [0.25, 0.3) is 10.9 Å². The van der Waals surface area contributed by atoms with Crippen LogP contribution in [0.1, 0.15) is 23.5 Å². The second kappa shape index (κ2) is 11.1. The summed E-state index contributed by atoms with van der Waals surface area (Å²) in [5, 5.41) is 18.5. The van der Waals surface area contributed by atoms with Crippen LogP contribution in [0, 0.1) is 0 Å². The lowest BCUT2D eigenvalue weighted by Gasteiger charge is -2.11. The van der Waals surface area contributed by atoms with Crippen molar-refractivity contribution in [2.75, 3.05) is 11.9 Å². The molecule has 0 saturated carbocycles. The molecule has 0 bridgehead atoms. The molecule has 35 heavy (non-hydrogen) atoms. The predicted molar refractivity (Wildman–Crippen MR) is 134 cm³/mol. The average Bonchev–Trinajstić information content (AvgIpc) is 3.43. The number of nitrogens with one attached hydrogen (secondary N) is 2. The first-order chi connectivity index (χ1) is 17.3. The molecule has 0 unspecified atom stereocenters. The summed E-state index contributed by atoms with van der Waals surface area (Å²) in [4.78, 5) is 4.67. The summed E-state index contributed by atoms with van der Waals surface area (Å²) in [6, 6.07) is 28.2. The number of tetrazole rings is 1. The molecule has 0 atom stereocenters. The largest absolute Gasteiger partial charge is 0.494 e. The Bertz CT molecular complexity index is 1360. The number of H-pyrrole nitrogens is 1. The highest BCUT2D eigenvalue weighted by Crippen LogP contribution is 2.20. The maximum atomic E-state index is 5.99. The summed E-state index contributed by atoms with van der Waals surface area (Å²) in [7, 11) is 0. The van der Waals surface area contributed by atoms with Gasteiger partial charge < -0.3 is 14.8 Å². The number of anilines is 1. The number of rotatable bonds is 11. The Morgan fingerprint density at radius 1 is 0.829 bits per heavy atom. The standard InChI is InChI=1S/C27H26N6O2/c1-2-8-26-21(5-1)12-13-23(29-26)19-35-25-7-3-6-22(17-25)28-18-20-10-14-24(15-11-20)34-16-4-9-27-30-32-33-31-27/h1-3,5-8,10-15,17,28H,4,9,16,18-19H2,(H,30,31,32,33). The van der Waals surface area contributed by atoms with Crippen molar-refractivity contribution in [3.05, 3.63) is 102 Å². The molecule has 0 fully saturated rings. The molecule has 5 rings (SSSR count). The van der Waals surface area contributed by atoms with E-state index in [1.54, 1.807) is 0 Å². The van der Waals surface area contributed by atoms with Crippen molar-refractivity contribution >= 4 is 16.6 Å². The van der Waals surface area contributed by atoms with Crippen molar-refractivity contribution in [2.45, 2.75) is 26.0 Å². The van der Waals surface area contributed by atoms with Crippen molar-refractivity contribution in [2.24, 2.45) is 0 Å². The fraction of sp³-hybridized carbons (Fsp3) is 0.185. The Balaban J connectivity index is 1.08. The lowest BCUT2D eigenvalue weighted by molar-refractivity contribution is 0.302. The normalized spacial score (nSPS) is 10.9. The van der Waals surface area contributed by atoms with Crippen LogP contribution in [0.2, 0.25) is 0 Å². The van der Waals surface area contributed by atoms with E-state index in [-0.39, 0.29) is 0 Å². The molecule has 0 amide bonds. The topological polar surface area (TPSA) is 97.8 Å². The number of hydrogen-bond donors (Lipinski definition) is 2. The third-order valence-electron chi connectivity index (χ3n) is 5.50. The van der Waals surface area contributed by atoms with Gasteiger partial charge in [-0.2, -0.15) is 5.21 Å². The fourth-order valence-electron chi connectivity index (χ4n) is 3.66. The zero-order valence-electron chi connectivity index (χ0n) is 19.2. The third kappa shape index (κ3) is 6.32. The van der Waals surface area contributed by atoms with Gasteiger partial charge in [-0.05, 0) is 48.4 Å². The third-order valence-corrected chi connectivity index (χ3v) is 5.50. The van der Waals surface area contributed by atoms with Crippen LogP contribution in [-0.2, 0) is 19.6 Å². The maximum Gasteiger partial charge on any atom is 0.174 e. The molecule has 0 spiro atoms. The van der Waals surface area contributed by atoms with Gasteiger partial charge in [0.2, 0.25) is 0 Å². The van der Waals surface area contributed by atoms with Crippen molar-refractivity contribution < 1.29 is 9.47 Å². The van der Waals surface area contributed by atoms with E-state index in [2.05, 4.69) is 55.2 Å². The Kier molecular flexibility index (Phi) is 7.09. The fourth-order valence-corrected chi connectivity index (χ4v) is 3.66. The molecule has 0 aliphatic heterocycles. The van der Waals surface area contributed by atoms with Crippen LogP contribution in [0.5, 0.6) is 11.5 Å². The van der Waals surface area contributed by atoms with Crippen LogP contribution in [0.3, 0.4) is 0 Å². The van der Waals surface area contributed by atoms with E-state index < -0.39 is 0 Å². The number of para-hydroxylation sites is 1. The van der Waals surface area contributed by atoms with Gasteiger partial charge in [-0.25, -0.2) is 4.98 Å². The molecule has 8 heteroatoms. The molecule has 3 aromatic carbocycles. The van der Waals surface area contributed by atoms with E-state index in [0.29, 0.717) is 25.6 Å². The molecule has 5 aromatic rings. The van der Waals surface area contributed by atoms with Crippen molar-refractivity contribution in [3.8, 4) is 11.5 Å². The number of aromatic nitrogens is 5. The van der Waals surface area contributed by atoms with E-state index in [1.165, 1.54) is 0 Å². The molecular formula is C27H26N6O2. The summed E-state index contributed by atoms with van der Waals surface area (Å²) < 4.78 is 11.8. The van der Waals surface area contributed by atoms with Crippen molar-refractivity contribution in [3.63, 3.8) is 0 Å². The van der Waals surface area contributed by atoms with Crippen molar-refractivity contribution in [1.82, 2.24) is 25.6 Å². The van der Waals surface area contributed by atoms with Gasteiger partial charge in [0.05, 0.1) is 17.8 Å². The summed E-state index contributed by atoms with van der Waals surface area (Å²) in [5.74, 6) is 2.35. The number of fused-ring (bicyclic) bond motifs is 1.